The molecule has 0 atom stereocenters. The number of aromatic nitrogens is 1. The average molecular weight is 451 g/mol. The second kappa shape index (κ2) is 7.47. The number of nitrogens with one attached hydrogen (secondary N) is 1. The Kier molecular flexibility index (Phi) is 5.10. The minimum absolute atomic E-state index is 0.0174. The molecule has 0 radical (unpaired) electrons. The molecule has 5 nitrogen and oxygen atoms in total. The highest BCUT2D eigenvalue weighted by molar-refractivity contribution is 14.1. The van der Waals surface area contributed by atoms with Gasteiger partial charge in [-0.1, -0.05) is 12.1 Å². The first-order valence-corrected chi connectivity index (χ1v) is 9.81. The molecule has 2 aromatic rings. The zero-order valence-electron chi connectivity index (χ0n) is 14.1. The number of hydrogen-bond acceptors (Lipinski definition) is 5. The van der Waals surface area contributed by atoms with E-state index in [0.29, 0.717) is 5.88 Å². The summed E-state index contributed by atoms with van der Waals surface area (Å²) in [5, 5.41) is 3.46. The summed E-state index contributed by atoms with van der Waals surface area (Å²) in [6, 6.07) is 14.0. The minimum Gasteiger partial charge on any atom is -0.439 e. The lowest BCUT2D eigenvalue weighted by Crippen LogP contribution is -2.55. The molecular weight excluding hydrogens is 429 g/mol. The molecule has 0 unspecified atom stereocenters. The van der Waals surface area contributed by atoms with Gasteiger partial charge in [-0.3, -0.25) is 0 Å². The number of halogens is 1. The number of ether oxygens (including phenoxy) is 2. The van der Waals surface area contributed by atoms with E-state index in [1.165, 1.54) is 0 Å². The largest absolute Gasteiger partial charge is 0.439 e. The van der Waals surface area contributed by atoms with Gasteiger partial charge in [0.05, 0.1) is 12.2 Å². The molecule has 2 aliphatic rings. The molecule has 25 heavy (non-hydrogen) atoms. The van der Waals surface area contributed by atoms with E-state index in [1.807, 2.05) is 36.4 Å². The second-order valence-corrected chi connectivity index (χ2v) is 7.83. The predicted octanol–water partition coefficient (Wildman–Crippen LogP) is 3.44. The first-order valence-electron chi connectivity index (χ1n) is 8.73. The highest BCUT2D eigenvalue weighted by Gasteiger charge is 2.37. The van der Waals surface area contributed by atoms with Gasteiger partial charge in [-0.05, 0) is 59.7 Å². The number of piperidine rings is 1. The fraction of sp³-hybridized carbons (Fsp3) is 0.421. The van der Waals surface area contributed by atoms with Crippen molar-refractivity contribution >= 4 is 28.4 Å². The molecule has 1 aromatic carbocycles. The minimum atomic E-state index is 0.0174. The number of nitrogens with zero attached hydrogens (tertiary/aromatic N) is 2. The van der Waals surface area contributed by atoms with Crippen LogP contribution in [-0.4, -0.2) is 43.4 Å². The van der Waals surface area contributed by atoms with Crippen LogP contribution in [0.15, 0.2) is 42.5 Å². The van der Waals surface area contributed by atoms with E-state index in [1.54, 1.807) is 0 Å². The highest BCUT2D eigenvalue weighted by Crippen LogP contribution is 2.30. The van der Waals surface area contributed by atoms with Crippen molar-refractivity contribution in [3.63, 3.8) is 0 Å². The molecule has 6 heteroatoms. The second-order valence-electron chi connectivity index (χ2n) is 6.59. The van der Waals surface area contributed by atoms with Crippen molar-refractivity contribution in [3.05, 3.63) is 46.0 Å². The van der Waals surface area contributed by atoms with Gasteiger partial charge in [0.1, 0.15) is 11.6 Å². The third-order valence-corrected chi connectivity index (χ3v) is 5.53. The van der Waals surface area contributed by atoms with Gasteiger partial charge in [-0.25, -0.2) is 0 Å². The molecule has 1 N–H and O–H groups in total. The van der Waals surface area contributed by atoms with Gasteiger partial charge in [0.15, 0.2) is 0 Å². The van der Waals surface area contributed by atoms with E-state index in [9.17, 15) is 0 Å². The smallest absolute Gasteiger partial charge is 0.221 e. The van der Waals surface area contributed by atoms with Crippen LogP contribution in [0.2, 0.25) is 0 Å². The molecule has 0 amide bonds. The Morgan fingerprint density at radius 2 is 2.00 bits per heavy atom. The third-order valence-electron chi connectivity index (χ3n) is 4.86. The monoisotopic (exact) mass is 451 g/mol. The van der Waals surface area contributed by atoms with E-state index >= 15 is 0 Å². The Morgan fingerprint density at radius 1 is 1.16 bits per heavy atom. The van der Waals surface area contributed by atoms with Crippen LogP contribution in [-0.2, 0) is 4.74 Å². The molecular formula is C19H22IN3O2. The van der Waals surface area contributed by atoms with Gasteiger partial charge in [-0.15, -0.1) is 0 Å². The zero-order valence-corrected chi connectivity index (χ0v) is 16.2. The lowest BCUT2D eigenvalue weighted by Gasteiger charge is -2.44. The molecule has 2 aliphatic heterocycles. The highest BCUT2D eigenvalue weighted by atomic mass is 127. The normalized spacial score (nSPS) is 19.8. The standard InChI is InChI=1S/C19H22IN3O2/c20-15-3-1-4-16(13-15)25-18-6-2-5-17(22-18)23-10-7-19(8-11-23)14-21-9-12-24-19/h1-6,13,21H,7-12,14H2. The number of rotatable bonds is 3. The van der Waals surface area contributed by atoms with Gasteiger partial charge < -0.3 is 19.7 Å². The molecule has 0 bridgehead atoms. The van der Waals surface area contributed by atoms with Crippen LogP contribution in [0.25, 0.3) is 0 Å². The molecule has 3 heterocycles. The van der Waals surface area contributed by atoms with E-state index in [-0.39, 0.29) is 5.60 Å². The van der Waals surface area contributed by atoms with E-state index in [0.717, 1.165) is 60.8 Å². The summed E-state index contributed by atoms with van der Waals surface area (Å²) in [4.78, 5) is 7.02. The fourth-order valence-corrected chi connectivity index (χ4v) is 3.97. The Morgan fingerprint density at radius 3 is 2.76 bits per heavy atom. The van der Waals surface area contributed by atoms with Crippen molar-refractivity contribution in [1.82, 2.24) is 10.3 Å². The lowest BCUT2D eigenvalue weighted by molar-refractivity contribution is -0.0800. The Balaban J connectivity index is 1.43. The third kappa shape index (κ3) is 4.07. The van der Waals surface area contributed by atoms with Crippen molar-refractivity contribution in [3.8, 4) is 11.6 Å². The van der Waals surface area contributed by atoms with Crippen molar-refractivity contribution in [2.45, 2.75) is 18.4 Å². The molecule has 2 fully saturated rings. The number of pyridine rings is 1. The summed E-state index contributed by atoms with van der Waals surface area (Å²) < 4.78 is 13.1. The molecule has 1 aromatic heterocycles. The SMILES string of the molecule is Ic1cccc(Oc2cccc(N3CCC4(CC3)CNCCO4)n2)c1. The van der Waals surface area contributed by atoms with Crippen LogP contribution in [0.4, 0.5) is 5.82 Å². The van der Waals surface area contributed by atoms with Gasteiger partial charge in [0, 0.05) is 35.8 Å². The van der Waals surface area contributed by atoms with E-state index in [4.69, 9.17) is 14.5 Å². The number of morpholine rings is 1. The van der Waals surface area contributed by atoms with Gasteiger partial charge in [0.2, 0.25) is 5.88 Å². The number of hydrogen-bond donors (Lipinski definition) is 1. The van der Waals surface area contributed by atoms with E-state index in [2.05, 4.69) is 38.9 Å². The van der Waals surface area contributed by atoms with Gasteiger partial charge in [-0.2, -0.15) is 4.98 Å². The van der Waals surface area contributed by atoms with Crippen LogP contribution < -0.4 is 15.0 Å². The Hall–Kier alpha value is -1.38. The van der Waals surface area contributed by atoms with Crippen LogP contribution >= 0.6 is 22.6 Å². The molecule has 1 spiro atoms. The van der Waals surface area contributed by atoms with E-state index < -0.39 is 0 Å². The van der Waals surface area contributed by atoms with Crippen LogP contribution in [0, 0.1) is 3.57 Å². The summed E-state index contributed by atoms with van der Waals surface area (Å²) in [7, 11) is 0. The molecule has 4 rings (SSSR count). The lowest BCUT2D eigenvalue weighted by atomic mass is 9.90. The van der Waals surface area contributed by atoms with Crippen LogP contribution in [0.3, 0.4) is 0 Å². The number of benzene rings is 1. The van der Waals surface area contributed by atoms with Crippen molar-refractivity contribution in [2.75, 3.05) is 37.7 Å². The van der Waals surface area contributed by atoms with Crippen LogP contribution in [0.1, 0.15) is 12.8 Å². The fourth-order valence-electron chi connectivity index (χ4n) is 3.46. The Bertz CT molecular complexity index is 724. The summed E-state index contributed by atoms with van der Waals surface area (Å²) in [6.45, 7) is 4.66. The van der Waals surface area contributed by atoms with Gasteiger partial charge >= 0.3 is 0 Å². The Labute approximate surface area is 161 Å². The summed E-state index contributed by atoms with van der Waals surface area (Å²) in [5.41, 5.74) is 0.0174. The zero-order chi connectivity index (χ0) is 17.1. The summed E-state index contributed by atoms with van der Waals surface area (Å²) in [5.74, 6) is 2.42. The topological polar surface area (TPSA) is 46.6 Å². The average Bonchev–Trinajstić information content (AvgIpc) is 2.63. The van der Waals surface area contributed by atoms with Gasteiger partial charge in [0.25, 0.3) is 0 Å². The van der Waals surface area contributed by atoms with Crippen molar-refractivity contribution in [1.29, 1.82) is 0 Å². The van der Waals surface area contributed by atoms with Crippen molar-refractivity contribution in [2.24, 2.45) is 0 Å². The first-order chi connectivity index (χ1) is 12.2. The number of anilines is 1. The maximum absolute atomic E-state index is 6.07. The molecule has 2 saturated heterocycles. The van der Waals surface area contributed by atoms with Crippen molar-refractivity contribution < 1.29 is 9.47 Å². The quantitative estimate of drug-likeness (QED) is 0.725. The molecule has 0 aliphatic carbocycles. The summed E-state index contributed by atoms with van der Waals surface area (Å²) >= 11 is 2.28. The molecule has 132 valence electrons. The maximum atomic E-state index is 6.07. The predicted molar refractivity (Wildman–Crippen MR) is 106 cm³/mol. The molecule has 0 saturated carbocycles. The van der Waals surface area contributed by atoms with Crippen LogP contribution in [0.5, 0.6) is 11.6 Å². The summed E-state index contributed by atoms with van der Waals surface area (Å²) in [6.07, 6.45) is 2.06. The first kappa shape index (κ1) is 17.1. The maximum Gasteiger partial charge on any atom is 0.221 e.